The molecule has 8 heavy (non-hydrogen) atoms. The summed E-state index contributed by atoms with van der Waals surface area (Å²) in [5.74, 6) is 0. The molecular formula is C2H9I6-. The number of halogens is 6. The minimum absolute atomic E-state index is 0. The van der Waals surface area contributed by atoms with E-state index in [0.29, 0.717) is 13.3 Å². The van der Waals surface area contributed by atoms with Gasteiger partial charge in [-0.15, -0.1) is 24.0 Å². The first-order chi connectivity index (χ1) is 2.41. The summed E-state index contributed by atoms with van der Waals surface area (Å²) in [4.78, 5) is 0. The quantitative estimate of drug-likeness (QED) is 0.331. The van der Waals surface area contributed by atoms with E-state index in [1.165, 1.54) is 0 Å². The fourth-order valence-corrected chi connectivity index (χ4v) is 0. The Morgan fingerprint density at radius 1 is 0.875 bits per heavy atom. The van der Waals surface area contributed by atoms with E-state index in [9.17, 15) is 0 Å². The van der Waals surface area contributed by atoms with Gasteiger partial charge in [0, 0.05) is 37.2 Å². The molecule has 0 aliphatic heterocycles. The summed E-state index contributed by atoms with van der Waals surface area (Å²) < 4.78 is 0. The maximum absolute atomic E-state index is 2.39. The van der Waals surface area contributed by atoms with Crippen LogP contribution in [0.4, 0.5) is 0 Å². The Labute approximate surface area is 123 Å². The van der Waals surface area contributed by atoms with Gasteiger partial charge < -0.3 is 0 Å². The molecule has 0 aromatic rings. The van der Waals surface area contributed by atoms with Crippen LogP contribution in [0, 0.1) is 0 Å². The Morgan fingerprint density at radius 3 is 0.875 bits per heavy atom. The molecule has 0 spiro atoms. The van der Waals surface area contributed by atoms with Crippen LogP contribution in [0.1, 0.15) is 14.9 Å². The van der Waals surface area contributed by atoms with Crippen molar-refractivity contribution in [3.8, 4) is 0 Å². The van der Waals surface area contributed by atoms with E-state index in [-0.39, 0.29) is 38.8 Å². The summed E-state index contributed by atoms with van der Waals surface area (Å²) in [5.41, 5.74) is 0. The topological polar surface area (TPSA) is 0 Å². The normalized spacial score (nSPS) is 3.50. The average Bonchev–Trinajstić information content (AvgIpc) is 1.46. The summed E-state index contributed by atoms with van der Waals surface area (Å²) in [6, 6.07) is 0. The Kier molecular flexibility index (Phi) is 156. The van der Waals surface area contributed by atoms with Gasteiger partial charge in [0.1, 0.15) is 0 Å². The average molecular weight is 795 g/mol. The molecule has 0 aliphatic carbocycles. The molecule has 0 aromatic carbocycles. The van der Waals surface area contributed by atoms with E-state index < -0.39 is 0 Å². The van der Waals surface area contributed by atoms with Gasteiger partial charge in [-0.1, -0.05) is 14.9 Å². The predicted molar refractivity (Wildman–Crippen MR) is 85.0 cm³/mol. The fraction of sp³-hybridized carbons (Fsp3) is 1.00. The SMILES string of the molecule is C.C.I.II.I[I-]I. The van der Waals surface area contributed by atoms with Crippen molar-refractivity contribution in [3.63, 3.8) is 0 Å². The first-order valence-electron chi connectivity index (χ1n) is 0.429. The molecule has 0 N–H and O–H groups in total. The van der Waals surface area contributed by atoms with E-state index >= 15 is 0 Å². The zero-order chi connectivity index (χ0) is 4.71. The van der Waals surface area contributed by atoms with Crippen LogP contribution in [0.3, 0.4) is 0 Å². The van der Waals surface area contributed by atoms with Gasteiger partial charge in [-0.05, 0) is 0 Å². The van der Waals surface area contributed by atoms with Gasteiger partial charge >= 0.3 is 50.5 Å². The third-order valence-electron chi connectivity index (χ3n) is 0. The van der Waals surface area contributed by atoms with Crippen LogP contribution in [-0.2, 0) is 0 Å². The van der Waals surface area contributed by atoms with Crippen LogP contribution < -0.4 is 13.3 Å². The summed E-state index contributed by atoms with van der Waals surface area (Å²) >= 11 is 9.54. The molecule has 0 heterocycles. The summed E-state index contributed by atoms with van der Waals surface area (Å²) in [6.07, 6.45) is 0. The standard InChI is InChI=1S/2CH4.I3.I2.HI/c;;1-3-2;1-2;/h2*1H4;;;1H/q;;-1;;. The third-order valence-corrected chi connectivity index (χ3v) is 0. The Bertz CT molecular complexity index is 6.49. The molecular weight excluding hydrogens is 785 g/mol. The van der Waals surface area contributed by atoms with Crippen LogP contribution >= 0.6 is 98.4 Å². The van der Waals surface area contributed by atoms with Gasteiger partial charge in [0.2, 0.25) is 0 Å². The van der Waals surface area contributed by atoms with Gasteiger partial charge in [0.15, 0.2) is 0 Å². The van der Waals surface area contributed by atoms with Crippen molar-refractivity contribution in [2.45, 2.75) is 14.9 Å². The number of hydrogen-bond acceptors (Lipinski definition) is 0. The monoisotopic (exact) mass is 794 g/mol. The zero-order valence-corrected chi connectivity index (χ0v) is 15.4. The van der Waals surface area contributed by atoms with E-state index in [1.54, 1.807) is 0 Å². The summed E-state index contributed by atoms with van der Waals surface area (Å²) in [5, 5.41) is 0. The van der Waals surface area contributed by atoms with Crippen LogP contribution in [-0.4, -0.2) is 0 Å². The molecule has 0 aliphatic rings. The van der Waals surface area contributed by atoms with Crippen molar-refractivity contribution >= 4 is 98.4 Å². The third kappa shape index (κ3) is 47.6. The van der Waals surface area contributed by atoms with Crippen LogP contribution in [0.25, 0.3) is 0 Å². The van der Waals surface area contributed by atoms with E-state index in [0.717, 1.165) is 0 Å². The van der Waals surface area contributed by atoms with E-state index in [1.807, 2.05) is 0 Å². The van der Waals surface area contributed by atoms with Crippen molar-refractivity contribution in [2.24, 2.45) is 0 Å². The van der Waals surface area contributed by atoms with Crippen LogP contribution in [0.2, 0.25) is 0 Å². The van der Waals surface area contributed by atoms with E-state index in [2.05, 4.69) is 74.5 Å². The molecule has 0 rings (SSSR count). The van der Waals surface area contributed by atoms with Crippen molar-refractivity contribution in [1.29, 1.82) is 0 Å². The number of hydrogen-bond donors (Lipinski definition) is 0. The molecule has 60 valence electrons. The molecule has 0 radical (unpaired) electrons. The first-order valence-corrected chi connectivity index (χ1v) is 19.3. The van der Waals surface area contributed by atoms with Gasteiger partial charge in [-0.25, -0.2) is 0 Å². The van der Waals surface area contributed by atoms with Crippen LogP contribution in [0.15, 0.2) is 0 Å². The summed E-state index contributed by atoms with van der Waals surface area (Å²) in [7, 11) is 0. The van der Waals surface area contributed by atoms with Gasteiger partial charge in [0.05, 0.1) is 0 Å². The van der Waals surface area contributed by atoms with Crippen LogP contribution in [0.5, 0.6) is 0 Å². The molecule has 0 saturated carbocycles. The maximum atomic E-state index is 2.39. The zero-order valence-electron chi connectivity index (χ0n) is 2.30. The summed E-state index contributed by atoms with van der Waals surface area (Å²) in [6.45, 7) is 0. The minimum atomic E-state index is 0. The molecule has 0 nitrogen and oxygen atoms in total. The molecule has 0 unspecified atom stereocenters. The van der Waals surface area contributed by atoms with E-state index in [4.69, 9.17) is 0 Å². The Morgan fingerprint density at radius 2 is 0.875 bits per heavy atom. The van der Waals surface area contributed by atoms with Crippen molar-refractivity contribution in [1.82, 2.24) is 0 Å². The molecule has 0 saturated heterocycles. The second-order valence-electron chi connectivity index (χ2n) is 0.0540. The fourth-order valence-electron chi connectivity index (χ4n) is 0. The molecule has 0 fully saturated rings. The van der Waals surface area contributed by atoms with Crippen molar-refractivity contribution in [3.05, 3.63) is 0 Å². The first kappa shape index (κ1) is 29.4. The van der Waals surface area contributed by atoms with Crippen molar-refractivity contribution in [2.75, 3.05) is 0 Å². The second kappa shape index (κ2) is 42.4. The Balaban J connectivity index is -0.00000000567. The molecule has 0 bridgehead atoms. The van der Waals surface area contributed by atoms with Gasteiger partial charge in [0.25, 0.3) is 0 Å². The predicted octanol–water partition coefficient (Wildman–Crippen LogP) is 2.44. The molecule has 0 aromatic heterocycles. The molecule has 0 amide bonds. The number of rotatable bonds is 0. The Hall–Kier alpha value is 4.38. The van der Waals surface area contributed by atoms with Crippen molar-refractivity contribution < 1.29 is 13.3 Å². The molecule has 0 atom stereocenters. The second-order valence-corrected chi connectivity index (χ2v) is 16.3. The van der Waals surface area contributed by atoms with Gasteiger partial charge in [-0.2, -0.15) is 0 Å². The van der Waals surface area contributed by atoms with Gasteiger partial charge in [-0.3, -0.25) is 0 Å². The molecule has 6 heteroatoms.